The van der Waals surface area contributed by atoms with Gasteiger partial charge in [0, 0.05) is 41.6 Å². The molecule has 0 atom stereocenters. The van der Waals surface area contributed by atoms with Crippen LogP contribution >= 0.6 is 11.6 Å². The van der Waals surface area contributed by atoms with Crippen molar-refractivity contribution in [2.45, 2.75) is 32.1 Å². The standard InChI is InChI=1S/C26H30ClN5O/c1-20(31-33)12-6-3-4-11-17-28-21(2)22-18-29-26(30-19-22)32(23-13-7-5-8-14-23)25-16-10-9-15-24(25)27/h5,7-10,13-16,18-19,28,31,33H,1-4,6,11-12,17H2. The van der Waals surface area contributed by atoms with Crippen molar-refractivity contribution in [1.29, 1.82) is 0 Å². The van der Waals surface area contributed by atoms with Crippen molar-refractivity contribution in [3.05, 3.63) is 96.4 Å². The van der Waals surface area contributed by atoms with Gasteiger partial charge in [-0.25, -0.2) is 9.97 Å². The lowest BCUT2D eigenvalue weighted by Crippen LogP contribution is -2.16. The highest BCUT2D eigenvalue weighted by Crippen LogP contribution is 2.36. The molecule has 0 radical (unpaired) electrons. The molecule has 0 fully saturated rings. The number of benzene rings is 2. The molecule has 2 aromatic carbocycles. The minimum Gasteiger partial charge on any atom is -0.385 e. The molecule has 0 amide bonds. The molecule has 0 bridgehead atoms. The summed E-state index contributed by atoms with van der Waals surface area (Å²) in [6.07, 6.45) is 8.56. The van der Waals surface area contributed by atoms with E-state index in [0.29, 0.717) is 16.7 Å². The van der Waals surface area contributed by atoms with Gasteiger partial charge in [0.1, 0.15) is 0 Å². The van der Waals surface area contributed by atoms with E-state index in [1.54, 1.807) is 12.4 Å². The van der Waals surface area contributed by atoms with Crippen molar-refractivity contribution in [1.82, 2.24) is 20.8 Å². The van der Waals surface area contributed by atoms with Crippen molar-refractivity contribution < 1.29 is 5.21 Å². The first-order valence-electron chi connectivity index (χ1n) is 11.0. The van der Waals surface area contributed by atoms with Gasteiger partial charge in [0.2, 0.25) is 5.95 Å². The van der Waals surface area contributed by atoms with Crippen LogP contribution in [0.4, 0.5) is 17.3 Å². The second-order valence-electron chi connectivity index (χ2n) is 7.68. The van der Waals surface area contributed by atoms with E-state index in [1.165, 1.54) is 0 Å². The number of anilines is 3. The molecule has 172 valence electrons. The summed E-state index contributed by atoms with van der Waals surface area (Å²) in [7, 11) is 0. The molecule has 0 aliphatic heterocycles. The van der Waals surface area contributed by atoms with Gasteiger partial charge in [-0.05, 0) is 43.5 Å². The maximum absolute atomic E-state index is 8.73. The molecule has 0 unspecified atom stereocenters. The molecule has 0 spiro atoms. The molecule has 3 rings (SSSR count). The van der Waals surface area contributed by atoms with Gasteiger partial charge in [-0.3, -0.25) is 15.6 Å². The Balaban J connectivity index is 1.60. The van der Waals surface area contributed by atoms with Gasteiger partial charge in [-0.2, -0.15) is 0 Å². The Bertz CT molecular complexity index is 1040. The SMILES string of the molecule is C=C(CCCCCCNC(=C)c1cnc(N(c2ccccc2)c2ccccc2Cl)nc1)NO. The number of halogens is 1. The lowest BCUT2D eigenvalue weighted by Gasteiger charge is -2.24. The first-order chi connectivity index (χ1) is 16.1. The predicted octanol–water partition coefficient (Wildman–Crippen LogP) is 6.60. The summed E-state index contributed by atoms with van der Waals surface area (Å²) in [6, 6.07) is 17.6. The Morgan fingerprint density at radius 2 is 1.58 bits per heavy atom. The number of aromatic nitrogens is 2. The van der Waals surface area contributed by atoms with Crippen molar-refractivity contribution in [2.75, 3.05) is 11.4 Å². The molecule has 0 saturated heterocycles. The zero-order valence-electron chi connectivity index (χ0n) is 18.7. The average molecular weight is 464 g/mol. The van der Waals surface area contributed by atoms with Crippen LogP contribution in [0, 0.1) is 0 Å². The van der Waals surface area contributed by atoms with Crippen LogP contribution in [-0.4, -0.2) is 21.7 Å². The lowest BCUT2D eigenvalue weighted by atomic mass is 10.1. The van der Waals surface area contributed by atoms with Gasteiger partial charge in [-0.15, -0.1) is 0 Å². The van der Waals surface area contributed by atoms with Gasteiger partial charge in [0.25, 0.3) is 0 Å². The maximum atomic E-state index is 8.73. The van der Waals surface area contributed by atoms with Crippen LogP contribution in [0.3, 0.4) is 0 Å². The zero-order valence-corrected chi connectivity index (χ0v) is 19.4. The number of rotatable bonds is 13. The summed E-state index contributed by atoms with van der Waals surface area (Å²) >= 11 is 6.49. The molecule has 1 aromatic heterocycles. The number of unbranched alkanes of at least 4 members (excludes halogenated alkanes) is 3. The number of para-hydroxylation sites is 2. The second-order valence-corrected chi connectivity index (χ2v) is 8.09. The maximum Gasteiger partial charge on any atom is 0.234 e. The number of hydroxylamine groups is 1. The molecule has 6 nitrogen and oxygen atoms in total. The van der Waals surface area contributed by atoms with Gasteiger partial charge >= 0.3 is 0 Å². The van der Waals surface area contributed by atoms with Crippen LogP contribution in [-0.2, 0) is 0 Å². The summed E-state index contributed by atoms with van der Waals surface area (Å²) in [6.45, 7) is 8.67. The van der Waals surface area contributed by atoms with E-state index in [0.717, 1.165) is 61.3 Å². The van der Waals surface area contributed by atoms with Gasteiger partial charge in [0.15, 0.2) is 0 Å². The van der Waals surface area contributed by atoms with E-state index >= 15 is 0 Å². The molecule has 0 aliphatic rings. The molecular weight excluding hydrogens is 434 g/mol. The van der Waals surface area contributed by atoms with E-state index in [2.05, 4.69) is 33.9 Å². The van der Waals surface area contributed by atoms with Gasteiger partial charge in [0.05, 0.1) is 10.7 Å². The molecule has 0 saturated carbocycles. The van der Waals surface area contributed by atoms with E-state index in [-0.39, 0.29) is 0 Å². The Kier molecular flexibility index (Phi) is 9.30. The summed E-state index contributed by atoms with van der Waals surface area (Å²) in [5, 5.41) is 12.7. The van der Waals surface area contributed by atoms with Crippen LogP contribution in [0.25, 0.3) is 5.70 Å². The van der Waals surface area contributed by atoms with E-state index < -0.39 is 0 Å². The number of nitrogens with zero attached hydrogens (tertiary/aromatic N) is 3. The highest BCUT2D eigenvalue weighted by molar-refractivity contribution is 6.33. The Morgan fingerprint density at radius 3 is 2.27 bits per heavy atom. The normalized spacial score (nSPS) is 10.5. The Labute approximate surface area is 200 Å². The molecule has 33 heavy (non-hydrogen) atoms. The minimum atomic E-state index is 0.532. The summed E-state index contributed by atoms with van der Waals surface area (Å²) < 4.78 is 0. The number of hydrogen-bond acceptors (Lipinski definition) is 6. The highest BCUT2D eigenvalue weighted by atomic mass is 35.5. The zero-order chi connectivity index (χ0) is 23.5. The van der Waals surface area contributed by atoms with Gasteiger partial charge < -0.3 is 5.32 Å². The summed E-state index contributed by atoms with van der Waals surface area (Å²) in [4.78, 5) is 11.1. The van der Waals surface area contributed by atoms with E-state index in [9.17, 15) is 0 Å². The topological polar surface area (TPSA) is 73.3 Å². The minimum absolute atomic E-state index is 0.532. The van der Waals surface area contributed by atoms with Crippen molar-refractivity contribution in [2.24, 2.45) is 0 Å². The average Bonchev–Trinajstić information content (AvgIpc) is 2.85. The fraction of sp³-hybridized carbons (Fsp3) is 0.231. The van der Waals surface area contributed by atoms with E-state index in [4.69, 9.17) is 16.8 Å². The monoisotopic (exact) mass is 463 g/mol. The third-order valence-electron chi connectivity index (χ3n) is 5.20. The van der Waals surface area contributed by atoms with Crippen LogP contribution in [0.5, 0.6) is 0 Å². The van der Waals surface area contributed by atoms with Crippen LogP contribution in [0.15, 0.2) is 85.8 Å². The molecule has 7 heteroatoms. The van der Waals surface area contributed by atoms with E-state index in [1.807, 2.05) is 59.5 Å². The molecule has 3 N–H and O–H groups in total. The van der Waals surface area contributed by atoms with Crippen LogP contribution < -0.4 is 15.7 Å². The third-order valence-corrected chi connectivity index (χ3v) is 5.52. The molecule has 1 heterocycles. The lowest BCUT2D eigenvalue weighted by molar-refractivity contribution is 0.196. The van der Waals surface area contributed by atoms with Gasteiger partial charge in [-0.1, -0.05) is 67.9 Å². The Hall–Kier alpha value is -3.35. The molecule has 3 aromatic rings. The highest BCUT2D eigenvalue weighted by Gasteiger charge is 2.17. The largest absolute Gasteiger partial charge is 0.385 e. The third kappa shape index (κ3) is 7.07. The second kappa shape index (κ2) is 12.6. The number of hydrogen-bond donors (Lipinski definition) is 3. The number of allylic oxidation sites excluding steroid dienone is 1. The molecular formula is C26H30ClN5O. The fourth-order valence-electron chi connectivity index (χ4n) is 3.38. The van der Waals surface area contributed by atoms with Crippen molar-refractivity contribution >= 4 is 34.6 Å². The molecule has 0 aliphatic carbocycles. The predicted molar refractivity (Wildman–Crippen MR) is 136 cm³/mol. The summed E-state index contributed by atoms with van der Waals surface area (Å²) in [5.74, 6) is 0.532. The van der Waals surface area contributed by atoms with Crippen molar-refractivity contribution in [3.8, 4) is 0 Å². The smallest absolute Gasteiger partial charge is 0.234 e. The summed E-state index contributed by atoms with van der Waals surface area (Å²) in [5.41, 5.74) is 6.13. The fourth-order valence-corrected chi connectivity index (χ4v) is 3.60. The van der Waals surface area contributed by atoms with Crippen LogP contribution in [0.2, 0.25) is 5.02 Å². The first kappa shape index (κ1) is 24.3. The number of nitrogens with one attached hydrogen (secondary N) is 2. The van der Waals surface area contributed by atoms with Crippen molar-refractivity contribution in [3.63, 3.8) is 0 Å². The quantitative estimate of drug-likeness (QED) is 0.196. The Morgan fingerprint density at radius 1 is 0.909 bits per heavy atom. The van der Waals surface area contributed by atoms with Crippen LogP contribution in [0.1, 0.15) is 37.7 Å². The first-order valence-corrected chi connectivity index (χ1v) is 11.4.